The lowest BCUT2D eigenvalue weighted by Gasteiger charge is -2.06. The van der Waals surface area contributed by atoms with Gasteiger partial charge in [-0.2, -0.15) is 0 Å². The van der Waals surface area contributed by atoms with Crippen molar-refractivity contribution in [2.75, 3.05) is 12.8 Å². The SMILES string of the molecule is CCn1c(Sc2nc(C(=O)OC)ccc2N)n[nH]c1=O. The summed E-state index contributed by atoms with van der Waals surface area (Å²) >= 11 is 1.11. The van der Waals surface area contributed by atoms with E-state index in [4.69, 9.17) is 5.73 Å². The molecule has 20 heavy (non-hydrogen) atoms. The third-order valence-electron chi connectivity index (χ3n) is 2.51. The van der Waals surface area contributed by atoms with Gasteiger partial charge in [-0.25, -0.2) is 19.7 Å². The Kier molecular flexibility index (Phi) is 4.08. The molecule has 0 spiro atoms. The summed E-state index contributed by atoms with van der Waals surface area (Å²) in [6.45, 7) is 2.29. The number of H-pyrrole nitrogens is 1. The van der Waals surface area contributed by atoms with Crippen molar-refractivity contribution in [1.82, 2.24) is 19.7 Å². The molecule has 0 saturated heterocycles. The van der Waals surface area contributed by atoms with Crippen LogP contribution in [0.2, 0.25) is 0 Å². The largest absolute Gasteiger partial charge is 0.464 e. The summed E-state index contributed by atoms with van der Waals surface area (Å²) in [6, 6.07) is 3.03. The molecule has 0 aliphatic heterocycles. The van der Waals surface area contributed by atoms with E-state index in [1.807, 2.05) is 6.92 Å². The fraction of sp³-hybridized carbons (Fsp3) is 0.273. The number of esters is 1. The van der Waals surface area contributed by atoms with Gasteiger partial charge in [0, 0.05) is 6.54 Å². The number of hydrogen-bond acceptors (Lipinski definition) is 7. The van der Waals surface area contributed by atoms with E-state index in [0.717, 1.165) is 11.8 Å². The van der Waals surface area contributed by atoms with Gasteiger partial charge in [0.15, 0.2) is 5.16 Å². The standard InChI is InChI=1S/C11H13N5O3S/c1-3-16-10(18)14-15-11(16)20-8-6(12)4-5-7(13-8)9(17)19-2/h4-5H,3,12H2,1-2H3,(H,14,18). The smallest absolute Gasteiger partial charge is 0.356 e. The zero-order valence-corrected chi connectivity index (χ0v) is 11.7. The molecule has 2 aromatic heterocycles. The van der Waals surface area contributed by atoms with Crippen molar-refractivity contribution in [3.63, 3.8) is 0 Å². The summed E-state index contributed by atoms with van der Waals surface area (Å²) in [7, 11) is 1.27. The summed E-state index contributed by atoms with van der Waals surface area (Å²) in [5, 5.41) is 7.07. The number of rotatable bonds is 4. The highest BCUT2D eigenvalue weighted by Crippen LogP contribution is 2.28. The summed E-state index contributed by atoms with van der Waals surface area (Å²) < 4.78 is 6.04. The Labute approximate surface area is 118 Å². The molecule has 0 aliphatic rings. The monoisotopic (exact) mass is 295 g/mol. The van der Waals surface area contributed by atoms with Gasteiger partial charge in [0.1, 0.15) is 10.7 Å². The lowest BCUT2D eigenvalue weighted by Crippen LogP contribution is -2.16. The van der Waals surface area contributed by atoms with Crippen molar-refractivity contribution >= 4 is 23.4 Å². The number of nitrogens with one attached hydrogen (secondary N) is 1. The maximum Gasteiger partial charge on any atom is 0.356 e. The Morgan fingerprint density at radius 2 is 2.30 bits per heavy atom. The molecule has 0 saturated carbocycles. The molecule has 0 fully saturated rings. The Hall–Kier alpha value is -2.29. The van der Waals surface area contributed by atoms with Gasteiger partial charge in [-0.05, 0) is 30.8 Å². The number of ether oxygens (including phenoxy) is 1. The number of nitrogen functional groups attached to an aromatic ring is 1. The Morgan fingerprint density at radius 1 is 1.55 bits per heavy atom. The van der Waals surface area contributed by atoms with Crippen molar-refractivity contribution in [1.29, 1.82) is 0 Å². The average Bonchev–Trinajstić information content (AvgIpc) is 2.80. The third-order valence-corrected chi connectivity index (χ3v) is 3.53. The number of methoxy groups -OCH3 is 1. The Morgan fingerprint density at radius 3 is 2.95 bits per heavy atom. The number of aromatic nitrogens is 4. The van der Waals surface area contributed by atoms with Crippen LogP contribution in [-0.4, -0.2) is 32.8 Å². The van der Waals surface area contributed by atoms with E-state index >= 15 is 0 Å². The van der Waals surface area contributed by atoms with E-state index in [9.17, 15) is 9.59 Å². The normalized spacial score (nSPS) is 10.5. The molecule has 0 unspecified atom stereocenters. The second-order valence-corrected chi connectivity index (χ2v) is 4.70. The van der Waals surface area contributed by atoms with Crippen molar-refractivity contribution in [2.45, 2.75) is 23.7 Å². The summed E-state index contributed by atoms with van der Waals surface area (Å²) in [5.41, 5.74) is 6.04. The number of carbonyl (C=O) groups excluding carboxylic acids is 1. The highest BCUT2D eigenvalue weighted by Gasteiger charge is 2.15. The second kappa shape index (κ2) is 5.78. The lowest BCUT2D eigenvalue weighted by atomic mass is 10.3. The summed E-state index contributed by atoms with van der Waals surface area (Å²) in [4.78, 5) is 27.0. The van der Waals surface area contributed by atoms with E-state index in [1.54, 1.807) is 6.07 Å². The van der Waals surface area contributed by atoms with Crippen LogP contribution in [-0.2, 0) is 11.3 Å². The van der Waals surface area contributed by atoms with Crippen molar-refractivity contribution in [2.24, 2.45) is 0 Å². The minimum Gasteiger partial charge on any atom is -0.464 e. The van der Waals surface area contributed by atoms with Crippen molar-refractivity contribution in [3.8, 4) is 0 Å². The highest BCUT2D eigenvalue weighted by molar-refractivity contribution is 7.99. The Balaban J connectivity index is 2.37. The maximum absolute atomic E-state index is 11.5. The second-order valence-electron chi connectivity index (χ2n) is 3.74. The molecule has 0 aliphatic carbocycles. The van der Waals surface area contributed by atoms with Gasteiger partial charge < -0.3 is 10.5 Å². The van der Waals surface area contributed by atoms with E-state index in [0.29, 0.717) is 22.4 Å². The van der Waals surface area contributed by atoms with Crippen LogP contribution in [0.3, 0.4) is 0 Å². The predicted octanol–water partition coefficient (Wildman–Crippen LogP) is 0.506. The van der Waals surface area contributed by atoms with Crippen LogP contribution in [0.15, 0.2) is 27.1 Å². The fourth-order valence-electron chi connectivity index (χ4n) is 1.50. The molecular formula is C11H13N5O3S. The first-order valence-electron chi connectivity index (χ1n) is 5.74. The lowest BCUT2D eigenvalue weighted by molar-refractivity contribution is 0.0593. The molecule has 0 amide bonds. The minimum atomic E-state index is -0.554. The summed E-state index contributed by atoms with van der Waals surface area (Å²) in [5.74, 6) is -0.554. The zero-order valence-electron chi connectivity index (χ0n) is 10.9. The molecule has 0 atom stereocenters. The average molecular weight is 295 g/mol. The number of pyridine rings is 1. The molecule has 0 bridgehead atoms. The molecule has 106 valence electrons. The van der Waals surface area contributed by atoms with Crippen molar-refractivity contribution in [3.05, 3.63) is 28.3 Å². The molecule has 9 heteroatoms. The number of carbonyl (C=O) groups is 1. The number of anilines is 1. The third kappa shape index (κ3) is 2.67. The molecule has 0 aromatic carbocycles. The van der Waals surface area contributed by atoms with Gasteiger partial charge in [0.05, 0.1) is 12.8 Å². The molecular weight excluding hydrogens is 282 g/mol. The van der Waals surface area contributed by atoms with Crippen LogP contribution in [0.4, 0.5) is 5.69 Å². The van der Waals surface area contributed by atoms with Gasteiger partial charge in [0.25, 0.3) is 0 Å². The van der Waals surface area contributed by atoms with Gasteiger partial charge in [-0.1, -0.05) is 0 Å². The van der Waals surface area contributed by atoms with E-state index in [1.165, 1.54) is 17.7 Å². The van der Waals surface area contributed by atoms with Crippen LogP contribution in [0.25, 0.3) is 0 Å². The molecule has 8 nitrogen and oxygen atoms in total. The molecule has 2 heterocycles. The summed E-state index contributed by atoms with van der Waals surface area (Å²) in [6.07, 6.45) is 0. The van der Waals surface area contributed by atoms with E-state index in [2.05, 4.69) is 19.9 Å². The van der Waals surface area contributed by atoms with E-state index in [-0.39, 0.29) is 11.4 Å². The Bertz CT molecular complexity index is 694. The van der Waals surface area contributed by atoms with Gasteiger partial charge >= 0.3 is 11.7 Å². The maximum atomic E-state index is 11.5. The van der Waals surface area contributed by atoms with Crippen molar-refractivity contribution < 1.29 is 9.53 Å². The first-order chi connectivity index (χ1) is 9.56. The van der Waals surface area contributed by atoms with Gasteiger partial charge in [0.2, 0.25) is 0 Å². The molecule has 2 aromatic rings. The van der Waals surface area contributed by atoms with Gasteiger partial charge in [-0.3, -0.25) is 4.57 Å². The topological polar surface area (TPSA) is 116 Å². The van der Waals surface area contributed by atoms with Crippen LogP contribution in [0, 0.1) is 0 Å². The van der Waals surface area contributed by atoms with Crippen LogP contribution in [0.5, 0.6) is 0 Å². The number of nitrogens with zero attached hydrogens (tertiary/aromatic N) is 3. The predicted molar refractivity (Wildman–Crippen MR) is 72.6 cm³/mol. The zero-order chi connectivity index (χ0) is 14.7. The first-order valence-corrected chi connectivity index (χ1v) is 6.56. The molecule has 2 rings (SSSR count). The quantitative estimate of drug-likeness (QED) is 0.789. The van der Waals surface area contributed by atoms with Crippen LogP contribution < -0.4 is 11.4 Å². The number of hydrogen-bond donors (Lipinski definition) is 2. The highest BCUT2D eigenvalue weighted by atomic mass is 32.2. The molecule has 0 radical (unpaired) electrons. The number of aromatic amines is 1. The fourth-order valence-corrected chi connectivity index (χ4v) is 2.41. The van der Waals surface area contributed by atoms with Crippen LogP contribution >= 0.6 is 11.8 Å². The van der Waals surface area contributed by atoms with Crippen LogP contribution in [0.1, 0.15) is 17.4 Å². The van der Waals surface area contributed by atoms with E-state index < -0.39 is 5.97 Å². The first kappa shape index (κ1) is 14.1. The minimum absolute atomic E-state index is 0.144. The van der Waals surface area contributed by atoms with Gasteiger partial charge in [-0.15, -0.1) is 5.10 Å². The molecule has 3 N–H and O–H groups in total. The number of nitrogens with two attached hydrogens (primary N) is 1.